The van der Waals surface area contributed by atoms with Crippen LogP contribution in [-0.4, -0.2) is 11.1 Å². The Bertz CT molecular complexity index is 1120. The smallest absolute Gasteiger partial charge is 0.158 e. The fourth-order valence-electron chi connectivity index (χ4n) is 5.22. The molecule has 3 aromatic rings. The molecular formula is C26H27N3. The highest BCUT2D eigenvalue weighted by atomic mass is 15.5. The minimum absolute atomic E-state index is 0.0893. The summed E-state index contributed by atoms with van der Waals surface area (Å²) in [5.41, 5.74) is 5.86. The van der Waals surface area contributed by atoms with Gasteiger partial charge in [0.2, 0.25) is 0 Å². The van der Waals surface area contributed by atoms with Gasteiger partial charge < -0.3 is 9.80 Å². The number of nitrogens with zero attached hydrogens (tertiary/aromatic N) is 3. The number of fused-ring (bicyclic) bond motifs is 5. The van der Waals surface area contributed by atoms with Crippen LogP contribution in [0.1, 0.15) is 31.9 Å². The summed E-state index contributed by atoms with van der Waals surface area (Å²) >= 11 is 0. The first kappa shape index (κ1) is 18.0. The Morgan fingerprint density at radius 3 is 2.24 bits per heavy atom. The van der Waals surface area contributed by atoms with Gasteiger partial charge in [-0.25, -0.2) is 4.98 Å². The second-order valence-corrected chi connectivity index (χ2v) is 8.89. The first-order chi connectivity index (χ1) is 13.9. The Morgan fingerprint density at radius 1 is 0.862 bits per heavy atom. The molecule has 2 aromatic carbocycles. The zero-order chi connectivity index (χ0) is 20.4. The largest absolute Gasteiger partial charge is 0.316 e. The van der Waals surface area contributed by atoms with Crippen molar-refractivity contribution in [3.8, 4) is 0 Å². The van der Waals surface area contributed by atoms with Crippen molar-refractivity contribution in [3.05, 3.63) is 90.6 Å². The maximum Gasteiger partial charge on any atom is 0.158 e. The number of allylic oxidation sites excluding steroid dienone is 1. The molecule has 0 bridgehead atoms. The van der Waals surface area contributed by atoms with Crippen molar-refractivity contribution in [1.29, 1.82) is 0 Å². The van der Waals surface area contributed by atoms with Crippen LogP contribution in [0, 0.1) is 12.3 Å². The summed E-state index contributed by atoms with van der Waals surface area (Å²) in [6, 6.07) is 21.6. The molecule has 29 heavy (non-hydrogen) atoms. The van der Waals surface area contributed by atoms with Gasteiger partial charge in [-0.15, -0.1) is 6.58 Å². The number of hydrogen-bond acceptors (Lipinski definition) is 3. The van der Waals surface area contributed by atoms with Crippen LogP contribution in [-0.2, 0) is 5.41 Å². The van der Waals surface area contributed by atoms with Gasteiger partial charge in [-0.3, -0.25) is 0 Å². The second-order valence-electron chi connectivity index (χ2n) is 8.89. The number of anilines is 4. The van der Waals surface area contributed by atoms with E-state index in [1.54, 1.807) is 0 Å². The van der Waals surface area contributed by atoms with E-state index in [0.29, 0.717) is 0 Å². The van der Waals surface area contributed by atoms with Crippen LogP contribution in [0.5, 0.6) is 0 Å². The van der Waals surface area contributed by atoms with Gasteiger partial charge in [-0.2, -0.15) is 0 Å². The summed E-state index contributed by atoms with van der Waals surface area (Å²) in [4.78, 5) is 9.77. The van der Waals surface area contributed by atoms with Crippen LogP contribution < -0.4 is 9.80 Å². The van der Waals surface area contributed by atoms with Crippen molar-refractivity contribution in [2.45, 2.75) is 39.3 Å². The van der Waals surface area contributed by atoms with Crippen LogP contribution in [0.15, 0.2) is 79.5 Å². The molecule has 0 aliphatic carbocycles. The van der Waals surface area contributed by atoms with Gasteiger partial charge in [0, 0.05) is 28.4 Å². The van der Waals surface area contributed by atoms with Gasteiger partial charge in [-0.1, -0.05) is 63.2 Å². The van der Waals surface area contributed by atoms with Crippen LogP contribution in [0.2, 0.25) is 0 Å². The molecule has 0 spiro atoms. The van der Waals surface area contributed by atoms with E-state index in [2.05, 4.69) is 105 Å². The summed E-state index contributed by atoms with van der Waals surface area (Å²) < 4.78 is 0. The Balaban J connectivity index is 1.87. The van der Waals surface area contributed by atoms with Crippen molar-refractivity contribution in [3.63, 3.8) is 0 Å². The van der Waals surface area contributed by atoms with E-state index in [4.69, 9.17) is 4.98 Å². The lowest BCUT2D eigenvalue weighted by molar-refractivity contribution is 0.171. The summed E-state index contributed by atoms with van der Waals surface area (Å²) in [6.45, 7) is 13.5. The number of pyridine rings is 1. The number of rotatable bonds is 2. The number of aromatic nitrogens is 1. The summed E-state index contributed by atoms with van der Waals surface area (Å²) in [7, 11) is 0. The first-order valence-electron chi connectivity index (χ1n) is 10.2. The van der Waals surface area contributed by atoms with E-state index in [-0.39, 0.29) is 17.0 Å². The summed E-state index contributed by atoms with van der Waals surface area (Å²) in [5.74, 6) is 1.02. The Labute approximate surface area is 173 Å². The molecule has 0 radical (unpaired) electrons. The summed E-state index contributed by atoms with van der Waals surface area (Å²) in [6.07, 6.45) is 4.12. The third kappa shape index (κ3) is 2.16. The van der Waals surface area contributed by atoms with Gasteiger partial charge in [0.1, 0.15) is 6.17 Å². The lowest BCUT2D eigenvalue weighted by Crippen LogP contribution is -2.60. The monoisotopic (exact) mass is 381 g/mol. The molecular weight excluding hydrogens is 354 g/mol. The standard InChI is InChI=1S/C26H27N3/c1-6-26(5)19-13-8-10-15-21(19)28-22-16-11-17-27-23(22)29(24(28)25(26,3)4)20-14-9-7-12-18(20)2/h6-17,24H,1H2,2-5H3. The minimum atomic E-state index is -0.187. The van der Waals surface area contributed by atoms with Crippen molar-refractivity contribution >= 4 is 22.9 Å². The topological polar surface area (TPSA) is 19.4 Å². The molecule has 0 amide bonds. The van der Waals surface area contributed by atoms with Crippen molar-refractivity contribution in [2.24, 2.45) is 5.41 Å². The van der Waals surface area contributed by atoms with Gasteiger partial charge in [0.05, 0.1) is 5.69 Å². The Hall–Kier alpha value is -3.07. The van der Waals surface area contributed by atoms with Crippen molar-refractivity contribution in [1.82, 2.24) is 4.98 Å². The summed E-state index contributed by atoms with van der Waals surface area (Å²) in [5, 5.41) is 0. The first-order valence-corrected chi connectivity index (χ1v) is 10.2. The van der Waals surface area contributed by atoms with E-state index in [0.717, 1.165) is 11.5 Å². The molecule has 1 aromatic heterocycles. The third-order valence-electron chi connectivity index (χ3n) is 7.23. The molecule has 5 rings (SSSR count). The highest BCUT2D eigenvalue weighted by Gasteiger charge is 2.59. The highest BCUT2D eigenvalue weighted by molar-refractivity contribution is 5.89. The number of aryl methyl sites for hydroxylation is 1. The quantitative estimate of drug-likeness (QED) is 0.473. The molecule has 0 N–H and O–H groups in total. The average molecular weight is 382 g/mol. The van der Waals surface area contributed by atoms with Crippen molar-refractivity contribution in [2.75, 3.05) is 9.80 Å². The zero-order valence-corrected chi connectivity index (χ0v) is 17.6. The fourth-order valence-corrected chi connectivity index (χ4v) is 5.22. The number of benzene rings is 2. The molecule has 2 aliphatic rings. The van der Waals surface area contributed by atoms with E-state index in [9.17, 15) is 0 Å². The predicted molar refractivity (Wildman–Crippen MR) is 121 cm³/mol. The normalized spacial score (nSPS) is 23.9. The molecule has 2 aliphatic heterocycles. The third-order valence-corrected chi connectivity index (χ3v) is 7.23. The lowest BCUT2D eigenvalue weighted by atomic mass is 9.58. The maximum absolute atomic E-state index is 4.85. The van der Waals surface area contributed by atoms with E-state index in [1.165, 1.54) is 22.5 Å². The van der Waals surface area contributed by atoms with Crippen LogP contribution >= 0.6 is 0 Å². The second kappa shape index (κ2) is 5.96. The molecule has 2 atom stereocenters. The number of para-hydroxylation sites is 2. The molecule has 3 nitrogen and oxygen atoms in total. The lowest BCUT2D eigenvalue weighted by Gasteiger charge is -2.56. The minimum Gasteiger partial charge on any atom is -0.316 e. The molecule has 0 fully saturated rings. The van der Waals surface area contributed by atoms with E-state index >= 15 is 0 Å². The molecule has 0 saturated heterocycles. The van der Waals surface area contributed by atoms with Crippen LogP contribution in [0.25, 0.3) is 0 Å². The van der Waals surface area contributed by atoms with E-state index < -0.39 is 0 Å². The van der Waals surface area contributed by atoms with Crippen LogP contribution in [0.3, 0.4) is 0 Å². The molecule has 3 heteroatoms. The maximum atomic E-state index is 4.85. The predicted octanol–water partition coefficient (Wildman–Crippen LogP) is 6.49. The highest BCUT2D eigenvalue weighted by Crippen LogP contribution is 2.62. The van der Waals surface area contributed by atoms with Gasteiger partial charge in [0.25, 0.3) is 0 Å². The SMILES string of the molecule is C=CC1(C)c2ccccc2N2c3cccnc3N(c3ccccc3C)C2C1(C)C. The van der Waals surface area contributed by atoms with Crippen molar-refractivity contribution < 1.29 is 0 Å². The van der Waals surface area contributed by atoms with E-state index in [1.807, 2.05) is 12.3 Å². The van der Waals surface area contributed by atoms with Gasteiger partial charge in [-0.05, 0) is 42.3 Å². The fraction of sp³-hybridized carbons (Fsp3) is 0.269. The Morgan fingerprint density at radius 2 is 1.52 bits per heavy atom. The molecule has 2 unspecified atom stereocenters. The zero-order valence-electron chi connectivity index (χ0n) is 17.6. The van der Waals surface area contributed by atoms with Gasteiger partial charge in [0.15, 0.2) is 5.82 Å². The van der Waals surface area contributed by atoms with Crippen LogP contribution in [0.4, 0.5) is 22.9 Å². The van der Waals surface area contributed by atoms with Gasteiger partial charge >= 0.3 is 0 Å². The molecule has 146 valence electrons. The molecule has 3 heterocycles. The number of hydrogen-bond donors (Lipinski definition) is 0. The molecule has 0 saturated carbocycles. The average Bonchev–Trinajstić information content (AvgIpc) is 3.09. The Kier molecular flexibility index (Phi) is 3.70.